The zero-order valence-electron chi connectivity index (χ0n) is 16.4. The molecule has 27 heavy (non-hydrogen) atoms. The quantitative estimate of drug-likeness (QED) is 0.446. The highest BCUT2D eigenvalue weighted by atomic mass is 16.6. The van der Waals surface area contributed by atoms with Crippen molar-refractivity contribution in [1.29, 1.82) is 0 Å². The van der Waals surface area contributed by atoms with Gasteiger partial charge in [0.1, 0.15) is 6.10 Å². The number of hydrogen-bond donors (Lipinski definition) is 2. The second-order valence-electron chi connectivity index (χ2n) is 6.72. The predicted molar refractivity (Wildman–Crippen MR) is 96.9 cm³/mol. The molecule has 1 aliphatic heterocycles. The minimum atomic E-state index is -0.841. The molecule has 1 heterocycles. The molecule has 1 fully saturated rings. The molecule has 1 rings (SSSR count). The van der Waals surface area contributed by atoms with Gasteiger partial charge in [-0.1, -0.05) is 6.92 Å². The van der Waals surface area contributed by atoms with E-state index < -0.39 is 6.10 Å². The fraction of sp³-hybridized carbons (Fsp3) is 1.00. The van der Waals surface area contributed by atoms with Crippen LogP contribution >= 0.6 is 0 Å². The highest BCUT2D eigenvalue weighted by Crippen LogP contribution is 2.18. The Labute approximate surface area is 161 Å². The Kier molecular flexibility index (Phi) is 15.2. The predicted octanol–water partition coefficient (Wildman–Crippen LogP) is -0.524. The van der Waals surface area contributed by atoms with Crippen LogP contribution in [0.15, 0.2) is 0 Å². The van der Waals surface area contributed by atoms with Crippen molar-refractivity contribution < 1.29 is 43.4 Å². The average molecular weight is 396 g/mol. The molecule has 1 atom stereocenters. The molecule has 0 radical (unpaired) electrons. The van der Waals surface area contributed by atoms with Gasteiger partial charge in [-0.2, -0.15) is 0 Å². The third kappa shape index (κ3) is 14.3. The van der Waals surface area contributed by atoms with Gasteiger partial charge in [0.2, 0.25) is 0 Å². The maximum Gasteiger partial charge on any atom is 0.100 e. The number of aliphatic hydroxyl groups is 2. The molecule has 0 saturated carbocycles. The lowest BCUT2D eigenvalue weighted by atomic mass is 9.94. The Morgan fingerprint density at radius 2 is 1.26 bits per heavy atom. The van der Waals surface area contributed by atoms with Gasteiger partial charge in [0.15, 0.2) is 0 Å². The molecule has 9 heteroatoms. The Morgan fingerprint density at radius 3 is 1.81 bits per heavy atom. The van der Waals surface area contributed by atoms with Crippen LogP contribution in [0, 0.1) is 5.41 Å². The zero-order valence-corrected chi connectivity index (χ0v) is 16.4. The van der Waals surface area contributed by atoms with Crippen molar-refractivity contribution in [3.05, 3.63) is 0 Å². The highest BCUT2D eigenvalue weighted by Gasteiger charge is 2.26. The van der Waals surface area contributed by atoms with Crippen molar-refractivity contribution in [2.75, 3.05) is 99.1 Å². The summed E-state index contributed by atoms with van der Waals surface area (Å²) >= 11 is 0. The first kappa shape index (κ1) is 24.7. The number of ether oxygens (including phenoxy) is 7. The van der Waals surface area contributed by atoms with Gasteiger partial charge in [0.25, 0.3) is 0 Å². The van der Waals surface area contributed by atoms with Gasteiger partial charge in [0.05, 0.1) is 99.1 Å². The summed E-state index contributed by atoms with van der Waals surface area (Å²) in [5, 5.41) is 17.8. The largest absolute Gasteiger partial charge is 0.394 e. The van der Waals surface area contributed by atoms with Crippen molar-refractivity contribution >= 4 is 0 Å². The van der Waals surface area contributed by atoms with Crippen molar-refractivity contribution in [2.45, 2.75) is 13.0 Å². The summed E-state index contributed by atoms with van der Waals surface area (Å²) in [4.78, 5) is 0. The van der Waals surface area contributed by atoms with Gasteiger partial charge >= 0.3 is 0 Å². The van der Waals surface area contributed by atoms with Gasteiger partial charge in [-0.25, -0.2) is 0 Å². The minimum Gasteiger partial charge on any atom is -0.394 e. The van der Waals surface area contributed by atoms with Crippen LogP contribution in [0.2, 0.25) is 0 Å². The third-order valence-corrected chi connectivity index (χ3v) is 3.73. The number of aliphatic hydroxyl groups excluding tert-OH is 2. The Bertz CT molecular complexity index is 316. The summed E-state index contributed by atoms with van der Waals surface area (Å²) in [5.41, 5.74) is -0.252. The van der Waals surface area contributed by atoms with Crippen LogP contribution < -0.4 is 0 Å². The molecule has 9 nitrogen and oxygen atoms in total. The number of hydrogen-bond acceptors (Lipinski definition) is 9. The SMILES string of the molecule is CC1(COCCOCCOCC(O)CO)COCCOCCOCCOC1. The zero-order chi connectivity index (χ0) is 19.6. The van der Waals surface area contributed by atoms with E-state index in [1.54, 1.807) is 0 Å². The summed E-state index contributed by atoms with van der Waals surface area (Å²) in [7, 11) is 0. The summed E-state index contributed by atoms with van der Waals surface area (Å²) in [6, 6.07) is 0. The molecule has 1 aliphatic rings. The Balaban J connectivity index is 2.11. The lowest BCUT2D eigenvalue weighted by Crippen LogP contribution is -2.35. The van der Waals surface area contributed by atoms with Crippen LogP contribution in [0.5, 0.6) is 0 Å². The summed E-state index contributed by atoms with van der Waals surface area (Å²) < 4.78 is 38.5. The lowest BCUT2D eigenvalue weighted by Gasteiger charge is -2.29. The molecule has 2 N–H and O–H groups in total. The van der Waals surface area contributed by atoms with Crippen molar-refractivity contribution in [3.63, 3.8) is 0 Å². The molecule has 0 aromatic rings. The van der Waals surface area contributed by atoms with Crippen molar-refractivity contribution in [3.8, 4) is 0 Å². The van der Waals surface area contributed by atoms with E-state index in [1.165, 1.54) is 0 Å². The van der Waals surface area contributed by atoms with Crippen LogP contribution in [0.1, 0.15) is 6.92 Å². The second kappa shape index (κ2) is 16.6. The van der Waals surface area contributed by atoms with E-state index in [4.69, 9.17) is 43.4 Å². The average Bonchev–Trinajstić information content (AvgIpc) is 2.69. The molecular formula is C18H36O9. The molecule has 0 aliphatic carbocycles. The Morgan fingerprint density at radius 1 is 0.778 bits per heavy atom. The van der Waals surface area contributed by atoms with Crippen molar-refractivity contribution in [1.82, 2.24) is 0 Å². The van der Waals surface area contributed by atoms with E-state index in [9.17, 15) is 0 Å². The van der Waals surface area contributed by atoms with E-state index in [0.29, 0.717) is 85.9 Å². The minimum absolute atomic E-state index is 0.102. The molecule has 0 bridgehead atoms. The molecule has 0 aromatic carbocycles. The maximum atomic E-state index is 9.12. The van der Waals surface area contributed by atoms with Crippen LogP contribution in [-0.4, -0.2) is 115 Å². The molecule has 1 unspecified atom stereocenters. The standard InChI is InChI=1S/C18H36O9/c1-18(14-25-9-5-21-2-3-22-6-10-26-15-18)16-27-11-7-23-4-8-24-13-17(20)12-19/h17,19-20H,2-16H2,1H3. The fourth-order valence-electron chi connectivity index (χ4n) is 2.25. The van der Waals surface area contributed by atoms with E-state index >= 15 is 0 Å². The van der Waals surface area contributed by atoms with Crippen LogP contribution in [0.3, 0.4) is 0 Å². The summed E-state index contributed by atoms with van der Waals surface area (Å²) in [5.74, 6) is 0. The molecule has 0 spiro atoms. The molecule has 162 valence electrons. The van der Waals surface area contributed by atoms with Gasteiger partial charge in [0, 0.05) is 5.41 Å². The summed E-state index contributed by atoms with van der Waals surface area (Å²) in [6.07, 6.45) is -0.841. The van der Waals surface area contributed by atoms with E-state index in [0.717, 1.165) is 0 Å². The van der Waals surface area contributed by atoms with E-state index in [2.05, 4.69) is 6.92 Å². The van der Waals surface area contributed by atoms with Crippen LogP contribution in [-0.2, 0) is 33.2 Å². The topological polar surface area (TPSA) is 105 Å². The third-order valence-electron chi connectivity index (χ3n) is 3.73. The van der Waals surface area contributed by atoms with Gasteiger partial charge in [-0.3, -0.25) is 0 Å². The highest BCUT2D eigenvalue weighted by molar-refractivity contribution is 4.73. The molecule has 0 amide bonds. The second-order valence-corrected chi connectivity index (χ2v) is 6.72. The monoisotopic (exact) mass is 396 g/mol. The van der Waals surface area contributed by atoms with Crippen LogP contribution in [0.4, 0.5) is 0 Å². The number of rotatable bonds is 11. The fourth-order valence-corrected chi connectivity index (χ4v) is 2.25. The van der Waals surface area contributed by atoms with Crippen LogP contribution in [0.25, 0.3) is 0 Å². The van der Waals surface area contributed by atoms with Crippen molar-refractivity contribution in [2.24, 2.45) is 5.41 Å². The van der Waals surface area contributed by atoms with Gasteiger partial charge in [-0.15, -0.1) is 0 Å². The van der Waals surface area contributed by atoms with E-state index in [-0.39, 0.29) is 18.6 Å². The van der Waals surface area contributed by atoms with Gasteiger partial charge < -0.3 is 43.4 Å². The molecule has 0 aromatic heterocycles. The van der Waals surface area contributed by atoms with Gasteiger partial charge in [-0.05, 0) is 0 Å². The first-order valence-electron chi connectivity index (χ1n) is 9.49. The summed E-state index contributed by atoms with van der Waals surface area (Å²) in [6.45, 7) is 8.38. The maximum absolute atomic E-state index is 9.12. The van der Waals surface area contributed by atoms with E-state index in [1.807, 2.05) is 0 Å². The molecular weight excluding hydrogens is 360 g/mol. The molecule has 1 saturated heterocycles. The smallest absolute Gasteiger partial charge is 0.100 e. The first-order valence-corrected chi connectivity index (χ1v) is 9.49. The lowest BCUT2D eigenvalue weighted by molar-refractivity contribution is -0.0764. The first-order chi connectivity index (χ1) is 13.2. The normalized spacial score (nSPS) is 21.0. The Hall–Kier alpha value is -0.360.